The van der Waals surface area contributed by atoms with E-state index in [1.807, 2.05) is 116 Å². The summed E-state index contributed by atoms with van der Waals surface area (Å²) >= 11 is 0. The standard InChI is InChI=1S/C29H25NO2/c1-21-15-18-25(19-16-21)30-29(32)27-26(23-12-6-3-7-13-23)20-17-24(28(27)31)14-8-11-22-9-4-2-5-10-22/h2-13,15-20,31H,14H2,1H3,(H,30,32)/b11-8+. The van der Waals surface area contributed by atoms with Crippen LogP contribution < -0.4 is 5.32 Å². The maximum absolute atomic E-state index is 13.3. The fourth-order valence-electron chi connectivity index (χ4n) is 3.60. The summed E-state index contributed by atoms with van der Waals surface area (Å²) in [5, 5.41) is 14.1. The molecule has 32 heavy (non-hydrogen) atoms. The molecule has 0 aliphatic rings. The van der Waals surface area contributed by atoms with Crippen molar-refractivity contribution in [3.8, 4) is 16.9 Å². The molecule has 4 aromatic rings. The van der Waals surface area contributed by atoms with Gasteiger partial charge in [-0.05, 0) is 47.7 Å². The Balaban J connectivity index is 1.68. The number of phenolic OH excluding ortho intramolecular Hbond substituents is 1. The van der Waals surface area contributed by atoms with Gasteiger partial charge in [0.05, 0.1) is 5.56 Å². The second-order valence-corrected chi connectivity index (χ2v) is 7.70. The summed E-state index contributed by atoms with van der Waals surface area (Å²) in [6, 6.07) is 31.0. The average Bonchev–Trinajstić information content (AvgIpc) is 2.82. The maximum atomic E-state index is 13.3. The first kappa shape index (κ1) is 21.1. The van der Waals surface area contributed by atoms with Crippen LogP contribution in [0.15, 0.2) is 103 Å². The number of phenols is 1. The molecule has 0 saturated heterocycles. The molecule has 3 nitrogen and oxygen atoms in total. The second kappa shape index (κ2) is 9.80. The number of carbonyl (C=O) groups excluding carboxylic acids is 1. The molecule has 0 aromatic heterocycles. The highest BCUT2D eigenvalue weighted by molar-refractivity contribution is 6.11. The number of aromatic hydroxyl groups is 1. The summed E-state index contributed by atoms with van der Waals surface area (Å²) < 4.78 is 0. The largest absolute Gasteiger partial charge is 0.507 e. The van der Waals surface area contributed by atoms with Crippen LogP contribution in [0.4, 0.5) is 5.69 Å². The van der Waals surface area contributed by atoms with Crippen LogP contribution in [0.3, 0.4) is 0 Å². The Hall–Kier alpha value is -4.11. The highest BCUT2D eigenvalue weighted by atomic mass is 16.3. The number of rotatable bonds is 6. The number of amides is 1. The quantitative estimate of drug-likeness (QED) is 0.358. The molecule has 0 heterocycles. The van der Waals surface area contributed by atoms with Gasteiger partial charge in [-0.1, -0.05) is 103 Å². The molecule has 0 aliphatic carbocycles. The van der Waals surface area contributed by atoms with E-state index in [0.29, 0.717) is 23.2 Å². The lowest BCUT2D eigenvalue weighted by Gasteiger charge is -2.15. The monoisotopic (exact) mass is 419 g/mol. The van der Waals surface area contributed by atoms with Crippen LogP contribution in [0, 0.1) is 6.92 Å². The molecule has 3 heteroatoms. The minimum Gasteiger partial charge on any atom is -0.507 e. The molecule has 0 saturated carbocycles. The van der Waals surface area contributed by atoms with E-state index in [-0.39, 0.29) is 17.2 Å². The molecule has 0 atom stereocenters. The molecule has 158 valence electrons. The van der Waals surface area contributed by atoms with Gasteiger partial charge < -0.3 is 10.4 Å². The van der Waals surface area contributed by atoms with E-state index in [0.717, 1.165) is 16.7 Å². The molecule has 1 amide bonds. The van der Waals surface area contributed by atoms with Crippen LogP contribution >= 0.6 is 0 Å². The number of benzene rings is 4. The van der Waals surface area contributed by atoms with Crippen LogP contribution in [0.25, 0.3) is 17.2 Å². The van der Waals surface area contributed by atoms with E-state index >= 15 is 0 Å². The third-order valence-electron chi connectivity index (χ3n) is 5.33. The molecule has 4 rings (SSSR count). The maximum Gasteiger partial charge on any atom is 0.260 e. The van der Waals surface area contributed by atoms with Crippen LogP contribution in [-0.2, 0) is 6.42 Å². The van der Waals surface area contributed by atoms with Gasteiger partial charge in [-0.2, -0.15) is 0 Å². The first-order valence-corrected chi connectivity index (χ1v) is 10.6. The van der Waals surface area contributed by atoms with Gasteiger partial charge in [0.1, 0.15) is 5.75 Å². The topological polar surface area (TPSA) is 49.3 Å². The highest BCUT2D eigenvalue weighted by Gasteiger charge is 2.20. The summed E-state index contributed by atoms with van der Waals surface area (Å²) in [6.45, 7) is 2.00. The zero-order chi connectivity index (χ0) is 22.3. The summed E-state index contributed by atoms with van der Waals surface area (Å²) in [4.78, 5) is 13.3. The molecule has 0 fully saturated rings. The summed E-state index contributed by atoms with van der Waals surface area (Å²) in [6.07, 6.45) is 4.52. The van der Waals surface area contributed by atoms with Gasteiger partial charge in [-0.3, -0.25) is 4.79 Å². The minimum absolute atomic E-state index is 0.00803. The van der Waals surface area contributed by atoms with Gasteiger partial charge in [0, 0.05) is 5.69 Å². The van der Waals surface area contributed by atoms with Gasteiger partial charge in [-0.25, -0.2) is 0 Å². The molecular formula is C29H25NO2. The molecule has 4 aromatic carbocycles. The zero-order valence-corrected chi connectivity index (χ0v) is 18.0. The predicted molar refractivity (Wildman–Crippen MR) is 132 cm³/mol. The van der Waals surface area contributed by atoms with Crippen molar-refractivity contribution >= 4 is 17.7 Å². The number of nitrogens with one attached hydrogen (secondary N) is 1. The predicted octanol–water partition coefficient (Wildman–Crippen LogP) is 6.88. The first-order valence-electron chi connectivity index (χ1n) is 10.6. The zero-order valence-electron chi connectivity index (χ0n) is 18.0. The SMILES string of the molecule is Cc1ccc(NC(=O)c2c(-c3ccccc3)ccc(C/C=C/c3ccccc3)c2O)cc1. The van der Waals surface area contributed by atoms with Gasteiger partial charge >= 0.3 is 0 Å². The molecule has 0 unspecified atom stereocenters. The smallest absolute Gasteiger partial charge is 0.260 e. The van der Waals surface area contributed by atoms with Crippen molar-refractivity contribution in [3.63, 3.8) is 0 Å². The van der Waals surface area contributed by atoms with E-state index in [1.165, 1.54) is 0 Å². The van der Waals surface area contributed by atoms with E-state index in [2.05, 4.69) is 5.32 Å². The molecule has 0 bridgehead atoms. The number of hydrogen-bond acceptors (Lipinski definition) is 2. The van der Waals surface area contributed by atoms with Crippen molar-refractivity contribution in [2.75, 3.05) is 5.32 Å². The third-order valence-corrected chi connectivity index (χ3v) is 5.33. The van der Waals surface area contributed by atoms with Crippen molar-refractivity contribution in [1.82, 2.24) is 0 Å². The van der Waals surface area contributed by atoms with E-state index < -0.39 is 0 Å². The van der Waals surface area contributed by atoms with Gasteiger partial charge in [0.2, 0.25) is 0 Å². The normalized spacial score (nSPS) is 10.9. The Morgan fingerprint density at radius 3 is 2.19 bits per heavy atom. The Bertz CT molecular complexity index is 1230. The van der Waals surface area contributed by atoms with Gasteiger partial charge in [0.15, 0.2) is 0 Å². The third kappa shape index (κ3) is 4.96. The van der Waals surface area contributed by atoms with Crippen molar-refractivity contribution in [1.29, 1.82) is 0 Å². The lowest BCUT2D eigenvalue weighted by Crippen LogP contribution is -2.14. The number of aryl methyl sites for hydroxylation is 1. The Morgan fingerprint density at radius 2 is 1.50 bits per heavy atom. The van der Waals surface area contributed by atoms with Crippen molar-refractivity contribution in [2.24, 2.45) is 0 Å². The Morgan fingerprint density at radius 1 is 0.844 bits per heavy atom. The molecular weight excluding hydrogens is 394 g/mol. The highest BCUT2D eigenvalue weighted by Crippen LogP contribution is 2.34. The van der Waals surface area contributed by atoms with Crippen molar-refractivity contribution in [2.45, 2.75) is 13.3 Å². The fourth-order valence-corrected chi connectivity index (χ4v) is 3.60. The number of hydrogen-bond donors (Lipinski definition) is 2. The minimum atomic E-state index is -0.334. The van der Waals surface area contributed by atoms with Crippen molar-refractivity contribution < 1.29 is 9.90 Å². The number of anilines is 1. The summed E-state index contributed by atoms with van der Waals surface area (Å²) in [5.74, 6) is -0.326. The lowest BCUT2D eigenvalue weighted by atomic mass is 9.94. The summed E-state index contributed by atoms with van der Waals surface area (Å²) in [5.41, 5.74) is 5.45. The van der Waals surface area contributed by atoms with Crippen LogP contribution in [-0.4, -0.2) is 11.0 Å². The van der Waals surface area contributed by atoms with E-state index in [1.54, 1.807) is 0 Å². The number of allylic oxidation sites excluding steroid dienone is 1. The van der Waals surface area contributed by atoms with Gasteiger partial charge in [0.25, 0.3) is 5.91 Å². The lowest BCUT2D eigenvalue weighted by molar-refractivity contribution is 0.102. The first-order chi connectivity index (χ1) is 15.6. The Labute approximate surface area is 188 Å². The molecule has 2 N–H and O–H groups in total. The number of carbonyl (C=O) groups is 1. The fraction of sp³-hybridized carbons (Fsp3) is 0.0690. The molecule has 0 radical (unpaired) electrons. The summed E-state index contributed by atoms with van der Waals surface area (Å²) in [7, 11) is 0. The van der Waals surface area contributed by atoms with Crippen molar-refractivity contribution in [3.05, 3.63) is 125 Å². The Kier molecular flexibility index (Phi) is 6.47. The van der Waals surface area contributed by atoms with Crippen LogP contribution in [0.2, 0.25) is 0 Å². The molecule has 0 aliphatic heterocycles. The van der Waals surface area contributed by atoms with E-state index in [9.17, 15) is 9.90 Å². The second-order valence-electron chi connectivity index (χ2n) is 7.70. The molecule has 0 spiro atoms. The van der Waals surface area contributed by atoms with Crippen LogP contribution in [0.5, 0.6) is 5.75 Å². The van der Waals surface area contributed by atoms with E-state index in [4.69, 9.17) is 0 Å². The van der Waals surface area contributed by atoms with Crippen LogP contribution in [0.1, 0.15) is 27.0 Å². The average molecular weight is 420 g/mol. The van der Waals surface area contributed by atoms with Gasteiger partial charge in [-0.15, -0.1) is 0 Å².